The summed E-state index contributed by atoms with van der Waals surface area (Å²) in [6, 6.07) is 17.5. The molecule has 216 valence electrons. The summed E-state index contributed by atoms with van der Waals surface area (Å²) in [7, 11) is 0. The van der Waals surface area contributed by atoms with E-state index >= 15 is 0 Å². The van der Waals surface area contributed by atoms with Gasteiger partial charge in [0.1, 0.15) is 23.4 Å². The van der Waals surface area contributed by atoms with Crippen molar-refractivity contribution in [3.63, 3.8) is 0 Å². The van der Waals surface area contributed by atoms with E-state index in [1.165, 1.54) is 24.3 Å². The van der Waals surface area contributed by atoms with Crippen LogP contribution in [0.3, 0.4) is 0 Å². The van der Waals surface area contributed by atoms with Crippen molar-refractivity contribution in [1.82, 2.24) is 10.3 Å². The zero-order chi connectivity index (χ0) is 29.4. The fourth-order valence-electron chi connectivity index (χ4n) is 4.13. The second-order valence-electron chi connectivity index (χ2n) is 9.36. The zero-order valence-corrected chi connectivity index (χ0v) is 22.6. The quantitative estimate of drug-likeness (QED) is 0.151. The molecule has 0 aliphatic heterocycles. The summed E-state index contributed by atoms with van der Waals surface area (Å²) in [6.45, 7) is 4.44. The molecular weight excluding hydrogens is 540 g/mol. The third kappa shape index (κ3) is 8.40. The van der Waals surface area contributed by atoms with Gasteiger partial charge in [-0.3, -0.25) is 4.79 Å². The number of rotatable bonds is 12. The summed E-state index contributed by atoms with van der Waals surface area (Å²) in [6.07, 6.45) is -3.57. The molecule has 0 aliphatic carbocycles. The molecule has 1 heterocycles. The number of ether oxygens (including phenoxy) is 2. The van der Waals surface area contributed by atoms with Crippen molar-refractivity contribution in [2.24, 2.45) is 0 Å². The fourth-order valence-corrected chi connectivity index (χ4v) is 4.13. The van der Waals surface area contributed by atoms with Crippen LogP contribution < -0.4 is 10.1 Å². The Labute approximate surface area is 235 Å². The van der Waals surface area contributed by atoms with Crippen LogP contribution in [0.5, 0.6) is 5.75 Å². The minimum absolute atomic E-state index is 0.250. The van der Waals surface area contributed by atoms with Gasteiger partial charge in [0.25, 0.3) is 0 Å². The number of nitrogens with one attached hydrogen (secondary N) is 1. The monoisotopic (exact) mass is 570 g/mol. The molecule has 10 heteroatoms. The van der Waals surface area contributed by atoms with E-state index in [4.69, 9.17) is 13.9 Å². The molecule has 0 aliphatic rings. The zero-order valence-electron chi connectivity index (χ0n) is 22.6. The molecule has 1 unspecified atom stereocenters. The van der Waals surface area contributed by atoms with Gasteiger partial charge in [-0.1, -0.05) is 24.3 Å². The number of hydrogen-bond donors (Lipinski definition) is 1. The Morgan fingerprint density at radius 2 is 1.63 bits per heavy atom. The Balaban J connectivity index is 1.31. The van der Waals surface area contributed by atoms with E-state index < -0.39 is 17.8 Å². The Morgan fingerprint density at radius 3 is 2.27 bits per heavy atom. The number of benzene rings is 3. The summed E-state index contributed by atoms with van der Waals surface area (Å²) in [4.78, 5) is 16.9. The van der Waals surface area contributed by atoms with Crippen molar-refractivity contribution >= 4 is 5.97 Å². The number of hydrogen-bond acceptors (Lipinski definition) is 6. The first kappa shape index (κ1) is 29.8. The Morgan fingerprint density at radius 1 is 0.976 bits per heavy atom. The predicted molar refractivity (Wildman–Crippen MR) is 145 cm³/mol. The van der Waals surface area contributed by atoms with E-state index in [0.29, 0.717) is 48.8 Å². The molecule has 4 rings (SSSR count). The van der Waals surface area contributed by atoms with E-state index in [2.05, 4.69) is 10.3 Å². The van der Waals surface area contributed by atoms with Gasteiger partial charge in [-0.15, -0.1) is 0 Å². The fraction of sp³-hybridized carbons (Fsp3) is 0.290. The van der Waals surface area contributed by atoms with E-state index in [1.807, 2.05) is 12.1 Å². The maximum Gasteiger partial charge on any atom is 0.416 e. The molecule has 0 saturated heterocycles. The van der Waals surface area contributed by atoms with Crippen LogP contribution in [0.4, 0.5) is 17.6 Å². The lowest BCUT2D eigenvalue weighted by Gasteiger charge is -2.18. The summed E-state index contributed by atoms with van der Waals surface area (Å²) in [5.74, 6) is 0.757. The van der Waals surface area contributed by atoms with E-state index in [9.17, 15) is 22.4 Å². The van der Waals surface area contributed by atoms with Gasteiger partial charge in [0.15, 0.2) is 0 Å². The maximum absolute atomic E-state index is 13.2. The van der Waals surface area contributed by atoms with Crippen LogP contribution in [0.15, 0.2) is 77.2 Å². The molecule has 0 bridgehead atoms. The van der Waals surface area contributed by atoms with Crippen molar-refractivity contribution in [1.29, 1.82) is 0 Å². The van der Waals surface area contributed by atoms with Gasteiger partial charge in [-0.2, -0.15) is 13.2 Å². The normalized spacial score (nSPS) is 12.2. The average Bonchev–Trinajstić information content (AvgIpc) is 3.32. The lowest BCUT2D eigenvalue weighted by molar-refractivity contribution is -0.145. The van der Waals surface area contributed by atoms with Crippen molar-refractivity contribution < 1.29 is 36.2 Å². The molecular formula is C31H30F4N2O4. The highest BCUT2D eigenvalue weighted by atomic mass is 19.4. The summed E-state index contributed by atoms with van der Waals surface area (Å²) < 4.78 is 68.4. The van der Waals surface area contributed by atoms with Crippen LogP contribution in [0.1, 0.15) is 35.1 Å². The molecule has 4 aromatic rings. The van der Waals surface area contributed by atoms with Gasteiger partial charge in [-0.25, -0.2) is 9.37 Å². The lowest BCUT2D eigenvalue weighted by atomic mass is 10.1. The number of aryl methyl sites for hydroxylation is 1. The highest BCUT2D eigenvalue weighted by Gasteiger charge is 2.30. The molecule has 1 N–H and O–H groups in total. The minimum atomic E-state index is -4.41. The van der Waals surface area contributed by atoms with Gasteiger partial charge in [-0.05, 0) is 79.9 Å². The number of halogens is 4. The van der Waals surface area contributed by atoms with Gasteiger partial charge >= 0.3 is 12.1 Å². The van der Waals surface area contributed by atoms with E-state index in [-0.39, 0.29) is 24.3 Å². The number of alkyl halides is 3. The molecule has 41 heavy (non-hydrogen) atoms. The first-order valence-corrected chi connectivity index (χ1v) is 13.1. The molecule has 1 atom stereocenters. The van der Waals surface area contributed by atoms with E-state index in [0.717, 1.165) is 23.3 Å². The minimum Gasteiger partial charge on any atom is -0.493 e. The maximum atomic E-state index is 13.2. The third-order valence-electron chi connectivity index (χ3n) is 6.36. The number of aromatic nitrogens is 1. The van der Waals surface area contributed by atoms with Crippen molar-refractivity contribution in [3.05, 3.63) is 107 Å². The highest BCUT2D eigenvalue weighted by molar-refractivity contribution is 5.76. The largest absolute Gasteiger partial charge is 0.493 e. The molecule has 6 nitrogen and oxygen atoms in total. The average molecular weight is 571 g/mol. The van der Waals surface area contributed by atoms with Gasteiger partial charge in [0.05, 0.1) is 24.5 Å². The standard InChI is InChI=1S/C31H30F4N2O4/c1-3-39-30(38)28(36-19-22-4-12-25(32)13-5-22)18-21-6-14-26(15-7-21)40-17-16-27-20(2)41-29(37-27)23-8-10-24(11-9-23)31(33,34)35/h4-15,28,36H,3,16-19H2,1-2H3. The molecule has 3 aromatic carbocycles. The number of carbonyl (C=O) groups is 1. The summed E-state index contributed by atoms with van der Waals surface area (Å²) in [5.41, 5.74) is 2.12. The van der Waals surface area contributed by atoms with Crippen molar-refractivity contribution in [3.8, 4) is 17.2 Å². The molecule has 0 saturated carbocycles. The van der Waals surface area contributed by atoms with Gasteiger partial charge < -0.3 is 19.2 Å². The number of nitrogens with zero attached hydrogens (tertiary/aromatic N) is 1. The molecule has 0 fully saturated rings. The third-order valence-corrected chi connectivity index (χ3v) is 6.36. The van der Waals surface area contributed by atoms with Crippen molar-refractivity contribution in [2.45, 2.75) is 45.5 Å². The van der Waals surface area contributed by atoms with E-state index in [1.54, 1.807) is 38.1 Å². The topological polar surface area (TPSA) is 73.6 Å². The van der Waals surface area contributed by atoms with Crippen LogP contribution in [0.25, 0.3) is 11.5 Å². The van der Waals surface area contributed by atoms with Crippen LogP contribution in [0, 0.1) is 12.7 Å². The lowest BCUT2D eigenvalue weighted by Crippen LogP contribution is -2.39. The predicted octanol–water partition coefficient (Wildman–Crippen LogP) is 6.69. The Hall–Kier alpha value is -4.18. The number of carbonyl (C=O) groups excluding carboxylic acids is 1. The van der Waals surface area contributed by atoms with Crippen molar-refractivity contribution in [2.75, 3.05) is 13.2 Å². The Bertz CT molecular complexity index is 1420. The second-order valence-corrected chi connectivity index (χ2v) is 9.36. The van der Waals surface area contributed by atoms with Gasteiger partial charge in [0, 0.05) is 18.5 Å². The van der Waals surface area contributed by atoms with Crippen LogP contribution in [-0.4, -0.2) is 30.2 Å². The van der Waals surface area contributed by atoms with Gasteiger partial charge in [0.2, 0.25) is 5.89 Å². The van der Waals surface area contributed by atoms with Crippen LogP contribution >= 0.6 is 0 Å². The molecule has 0 spiro atoms. The van der Waals surface area contributed by atoms with Crippen LogP contribution in [-0.2, 0) is 35.1 Å². The molecule has 0 amide bonds. The summed E-state index contributed by atoms with van der Waals surface area (Å²) in [5, 5.41) is 3.19. The Kier molecular flexibility index (Phi) is 9.78. The molecule has 0 radical (unpaired) electrons. The highest BCUT2D eigenvalue weighted by Crippen LogP contribution is 2.31. The number of oxazole rings is 1. The smallest absolute Gasteiger partial charge is 0.416 e. The first-order chi connectivity index (χ1) is 19.6. The molecule has 1 aromatic heterocycles. The second kappa shape index (κ2) is 13.5. The first-order valence-electron chi connectivity index (χ1n) is 13.1. The summed E-state index contributed by atoms with van der Waals surface area (Å²) >= 11 is 0. The number of esters is 1. The van der Waals surface area contributed by atoms with Crippen LogP contribution in [0.2, 0.25) is 0 Å². The SMILES string of the molecule is CCOC(=O)C(Cc1ccc(OCCc2nc(-c3ccc(C(F)(F)F)cc3)oc2C)cc1)NCc1ccc(F)cc1.